The van der Waals surface area contributed by atoms with E-state index < -0.39 is 5.54 Å². The fourth-order valence-corrected chi connectivity index (χ4v) is 3.05. The second-order valence-corrected chi connectivity index (χ2v) is 6.26. The van der Waals surface area contributed by atoms with Crippen molar-refractivity contribution in [3.05, 3.63) is 0 Å². The molecule has 1 fully saturated rings. The number of rotatable bonds is 6. The van der Waals surface area contributed by atoms with Gasteiger partial charge in [-0.15, -0.1) is 0 Å². The van der Waals surface area contributed by atoms with Crippen molar-refractivity contribution in [2.45, 2.75) is 64.1 Å². The Kier molecular flexibility index (Phi) is 5.79. The van der Waals surface area contributed by atoms with Gasteiger partial charge in [0.05, 0.1) is 11.7 Å². The van der Waals surface area contributed by atoms with Crippen molar-refractivity contribution >= 4 is 0 Å². The third-order valence-corrected chi connectivity index (χ3v) is 4.32. The van der Waals surface area contributed by atoms with E-state index in [1.54, 1.807) is 7.11 Å². The minimum atomic E-state index is -0.435. The Hall–Kier alpha value is -0.630. The highest BCUT2D eigenvalue weighted by Gasteiger charge is 2.35. The zero-order valence-electron chi connectivity index (χ0n) is 13.1. The number of nitrogens with one attached hydrogen (secondary N) is 1. The summed E-state index contributed by atoms with van der Waals surface area (Å²) in [6, 6.07) is 2.80. The van der Waals surface area contributed by atoms with E-state index >= 15 is 0 Å². The van der Waals surface area contributed by atoms with Crippen molar-refractivity contribution in [3.63, 3.8) is 0 Å². The molecule has 0 aromatic rings. The zero-order valence-corrected chi connectivity index (χ0v) is 13.1. The van der Waals surface area contributed by atoms with E-state index in [-0.39, 0.29) is 5.60 Å². The molecule has 0 bridgehead atoms. The Morgan fingerprint density at radius 1 is 1.58 bits per heavy atom. The van der Waals surface area contributed by atoms with Gasteiger partial charge >= 0.3 is 0 Å². The van der Waals surface area contributed by atoms with Crippen LogP contribution in [0.15, 0.2) is 0 Å². The van der Waals surface area contributed by atoms with E-state index in [9.17, 15) is 5.26 Å². The highest BCUT2D eigenvalue weighted by molar-refractivity contribution is 5.05. The second kappa shape index (κ2) is 6.69. The van der Waals surface area contributed by atoms with E-state index in [0.717, 1.165) is 32.5 Å². The van der Waals surface area contributed by atoms with Gasteiger partial charge in [0.25, 0.3) is 0 Å². The molecule has 0 saturated carbocycles. The molecule has 19 heavy (non-hydrogen) atoms. The van der Waals surface area contributed by atoms with Crippen LogP contribution in [-0.2, 0) is 4.74 Å². The zero-order chi connectivity index (χ0) is 14.5. The van der Waals surface area contributed by atoms with Crippen LogP contribution in [-0.4, -0.2) is 48.8 Å². The summed E-state index contributed by atoms with van der Waals surface area (Å²) >= 11 is 0. The van der Waals surface area contributed by atoms with Gasteiger partial charge in [0.1, 0.15) is 5.54 Å². The Morgan fingerprint density at radius 2 is 2.26 bits per heavy atom. The smallest absolute Gasteiger partial charge is 0.105 e. The van der Waals surface area contributed by atoms with Gasteiger partial charge < -0.3 is 4.74 Å². The normalized spacial score (nSPS) is 29.5. The van der Waals surface area contributed by atoms with Crippen LogP contribution >= 0.6 is 0 Å². The third-order valence-electron chi connectivity index (χ3n) is 4.32. The molecule has 3 atom stereocenters. The van der Waals surface area contributed by atoms with Crippen molar-refractivity contribution in [3.8, 4) is 6.07 Å². The van der Waals surface area contributed by atoms with Crippen molar-refractivity contribution in [2.75, 3.05) is 26.7 Å². The molecule has 0 aromatic carbocycles. The molecule has 1 saturated heterocycles. The third kappa shape index (κ3) is 4.45. The highest BCUT2D eigenvalue weighted by atomic mass is 16.5. The predicted octanol–water partition coefficient (Wildman–Crippen LogP) is 2.16. The molecule has 0 aromatic heterocycles. The van der Waals surface area contributed by atoms with Gasteiger partial charge in [-0.25, -0.2) is 0 Å². The van der Waals surface area contributed by atoms with E-state index in [0.29, 0.717) is 6.04 Å². The second-order valence-electron chi connectivity index (χ2n) is 6.26. The fraction of sp³-hybridized carbons (Fsp3) is 0.933. The molecule has 4 nitrogen and oxygen atoms in total. The van der Waals surface area contributed by atoms with Crippen LogP contribution in [0.4, 0.5) is 0 Å². The lowest BCUT2D eigenvalue weighted by molar-refractivity contribution is -0.0615. The van der Waals surface area contributed by atoms with E-state index in [1.807, 2.05) is 13.8 Å². The molecular formula is C15H29N3O. The summed E-state index contributed by atoms with van der Waals surface area (Å²) in [6.45, 7) is 11.3. The molecule has 4 heteroatoms. The molecule has 0 amide bonds. The van der Waals surface area contributed by atoms with Gasteiger partial charge in [-0.3, -0.25) is 10.2 Å². The van der Waals surface area contributed by atoms with Gasteiger partial charge in [0, 0.05) is 19.7 Å². The van der Waals surface area contributed by atoms with Gasteiger partial charge in [0.15, 0.2) is 0 Å². The molecular weight excluding hydrogens is 238 g/mol. The van der Waals surface area contributed by atoms with Crippen molar-refractivity contribution in [1.82, 2.24) is 10.2 Å². The van der Waals surface area contributed by atoms with Crippen LogP contribution in [0.3, 0.4) is 0 Å². The minimum Gasteiger partial charge on any atom is -0.377 e. The largest absolute Gasteiger partial charge is 0.377 e. The Bertz CT molecular complexity index is 328. The molecule has 1 aliphatic heterocycles. The van der Waals surface area contributed by atoms with Crippen LogP contribution < -0.4 is 5.32 Å². The summed E-state index contributed by atoms with van der Waals surface area (Å²) < 4.78 is 5.64. The first kappa shape index (κ1) is 16.4. The number of piperidine rings is 1. The molecule has 1 rings (SSSR count). The molecule has 1 N–H and O–H groups in total. The SMILES string of the molecule is CCNC(C)(C#N)CC(C)N1CCCC(C)(OC)C1. The summed E-state index contributed by atoms with van der Waals surface area (Å²) in [5.74, 6) is 0. The maximum atomic E-state index is 9.36. The van der Waals surface area contributed by atoms with Gasteiger partial charge in [-0.2, -0.15) is 5.26 Å². The van der Waals surface area contributed by atoms with E-state index in [2.05, 4.69) is 30.1 Å². The van der Waals surface area contributed by atoms with E-state index in [4.69, 9.17) is 4.74 Å². The van der Waals surface area contributed by atoms with Crippen LogP contribution in [0.2, 0.25) is 0 Å². The fourth-order valence-electron chi connectivity index (χ4n) is 3.05. The van der Waals surface area contributed by atoms with Crippen LogP contribution in [0.5, 0.6) is 0 Å². The number of nitrogens with zero attached hydrogens (tertiary/aromatic N) is 2. The number of hydrogen-bond acceptors (Lipinski definition) is 4. The van der Waals surface area contributed by atoms with Crippen LogP contribution in [0, 0.1) is 11.3 Å². The van der Waals surface area contributed by atoms with Crippen LogP contribution in [0.1, 0.15) is 47.0 Å². The average molecular weight is 267 g/mol. The highest BCUT2D eigenvalue weighted by Crippen LogP contribution is 2.27. The first-order valence-electron chi connectivity index (χ1n) is 7.33. The molecule has 1 aliphatic rings. The van der Waals surface area contributed by atoms with Crippen molar-refractivity contribution in [2.24, 2.45) is 0 Å². The summed E-state index contributed by atoms with van der Waals surface area (Å²) in [5, 5.41) is 12.7. The monoisotopic (exact) mass is 267 g/mol. The summed E-state index contributed by atoms with van der Waals surface area (Å²) in [6.07, 6.45) is 3.13. The van der Waals surface area contributed by atoms with Crippen molar-refractivity contribution in [1.29, 1.82) is 5.26 Å². The molecule has 0 spiro atoms. The lowest BCUT2D eigenvalue weighted by Gasteiger charge is -2.43. The number of methoxy groups -OCH3 is 1. The Balaban J connectivity index is 2.62. The maximum absolute atomic E-state index is 9.36. The van der Waals surface area contributed by atoms with Crippen molar-refractivity contribution < 1.29 is 4.74 Å². The molecule has 1 heterocycles. The number of hydrogen-bond donors (Lipinski definition) is 1. The lowest BCUT2D eigenvalue weighted by atomic mass is 9.90. The first-order chi connectivity index (χ1) is 8.88. The predicted molar refractivity (Wildman–Crippen MR) is 78.0 cm³/mol. The first-order valence-corrected chi connectivity index (χ1v) is 7.33. The Labute approximate surface area is 118 Å². The van der Waals surface area contributed by atoms with Crippen LogP contribution in [0.25, 0.3) is 0 Å². The standard InChI is InChI=1S/C15H29N3O/c1-6-17-14(3,11-16)10-13(2)18-9-7-8-15(4,12-18)19-5/h13,17H,6-10,12H2,1-5H3. The molecule has 110 valence electrons. The molecule has 0 aliphatic carbocycles. The number of likely N-dealkylation sites (tertiary alicyclic amines) is 1. The van der Waals surface area contributed by atoms with E-state index in [1.165, 1.54) is 6.42 Å². The minimum absolute atomic E-state index is 0.0340. The molecule has 3 unspecified atom stereocenters. The maximum Gasteiger partial charge on any atom is 0.105 e. The van der Waals surface area contributed by atoms with Gasteiger partial charge in [-0.1, -0.05) is 6.92 Å². The molecule has 0 radical (unpaired) electrons. The summed E-state index contributed by atoms with van der Waals surface area (Å²) in [4.78, 5) is 2.46. The summed E-state index contributed by atoms with van der Waals surface area (Å²) in [7, 11) is 1.80. The Morgan fingerprint density at radius 3 is 2.79 bits per heavy atom. The average Bonchev–Trinajstić information content (AvgIpc) is 2.39. The quantitative estimate of drug-likeness (QED) is 0.801. The summed E-state index contributed by atoms with van der Waals surface area (Å²) in [5.41, 5.74) is -0.469. The van der Waals surface area contributed by atoms with Gasteiger partial charge in [-0.05, 0) is 53.1 Å². The number of nitriles is 1. The van der Waals surface area contributed by atoms with Gasteiger partial charge in [0.2, 0.25) is 0 Å². The number of ether oxygens (including phenoxy) is 1. The lowest BCUT2D eigenvalue weighted by Crippen LogP contribution is -2.53. The topological polar surface area (TPSA) is 48.3 Å².